The highest BCUT2D eigenvalue weighted by molar-refractivity contribution is 7.99. The Morgan fingerprint density at radius 3 is 2.67 bits per heavy atom. The molecule has 18 heavy (non-hydrogen) atoms. The van der Waals surface area contributed by atoms with Crippen LogP contribution in [-0.4, -0.2) is 10.1 Å². The summed E-state index contributed by atoms with van der Waals surface area (Å²) in [5.41, 5.74) is 0.709. The van der Waals surface area contributed by atoms with E-state index in [-0.39, 0.29) is 0 Å². The molecule has 0 bridgehead atoms. The lowest BCUT2D eigenvalue weighted by atomic mass is 10.2. The highest BCUT2D eigenvalue weighted by Gasteiger charge is 2.07. The fourth-order valence-corrected chi connectivity index (χ4v) is 2.57. The minimum Gasteiger partial charge on any atom is -0.387 e. The summed E-state index contributed by atoms with van der Waals surface area (Å²) in [5.74, 6) is 0. The smallest absolute Gasteiger partial charge is 0.0957 e. The maximum atomic E-state index is 9.66. The molecule has 1 atom stereocenters. The maximum Gasteiger partial charge on any atom is 0.0957 e. The van der Waals surface area contributed by atoms with E-state index in [2.05, 4.69) is 4.98 Å². The number of aromatic nitrogens is 1. The van der Waals surface area contributed by atoms with E-state index < -0.39 is 6.10 Å². The third-order valence-corrected chi connectivity index (χ3v) is 4.05. The predicted octanol–water partition coefficient (Wildman–Crippen LogP) is 4.33. The molecule has 0 aliphatic carbocycles. The van der Waals surface area contributed by atoms with Crippen molar-refractivity contribution in [3.05, 3.63) is 53.3 Å². The Hall–Kier alpha value is -1.03. The van der Waals surface area contributed by atoms with Gasteiger partial charge < -0.3 is 5.11 Å². The van der Waals surface area contributed by atoms with Crippen LogP contribution in [0.15, 0.2) is 52.4 Å². The molecule has 4 heteroatoms. The van der Waals surface area contributed by atoms with E-state index in [1.165, 1.54) is 0 Å². The largest absolute Gasteiger partial charge is 0.387 e. The summed E-state index contributed by atoms with van der Waals surface area (Å²) in [4.78, 5) is 6.28. The Kier molecular flexibility index (Phi) is 4.64. The number of rotatable bonds is 4. The molecule has 0 unspecified atom stereocenters. The third-order valence-electron chi connectivity index (χ3n) is 2.55. The first-order valence-electron chi connectivity index (χ1n) is 5.77. The van der Waals surface area contributed by atoms with Crippen LogP contribution in [0.2, 0.25) is 5.02 Å². The van der Waals surface area contributed by atoms with E-state index in [0.29, 0.717) is 12.1 Å². The minimum atomic E-state index is -0.482. The van der Waals surface area contributed by atoms with Crippen LogP contribution in [0, 0.1) is 0 Å². The van der Waals surface area contributed by atoms with Gasteiger partial charge in [-0.15, -0.1) is 0 Å². The molecule has 0 saturated heterocycles. The molecule has 0 radical (unpaired) electrons. The molecule has 0 saturated carbocycles. The number of aliphatic hydroxyl groups excluding tert-OH is 1. The van der Waals surface area contributed by atoms with Crippen molar-refractivity contribution in [2.45, 2.75) is 29.2 Å². The summed E-state index contributed by atoms with van der Waals surface area (Å²) in [6.07, 6.45) is 1.95. The SMILES string of the molecule is CC[C@H](O)c1ccc(Sc2ccccc2Cl)cn1. The molecule has 1 heterocycles. The van der Waals surface area contributed by atoms with Gasteiger partial charge >= 0.3 is 0 Å². The van der Waals surface area contributed by atoms with Crippen LogP contribution in [0.4, 0.5) is 0 Å². The number of pyridine rings is 1. The molecule has 0 aliphatic heterocycles. The van der Waals surface area contributed by atoms with E-state index >= 15 is 0 Å². The van der Waals surface area contributed by atoms with E-state index in [0.717, 1.165) is 14.8 Å². The fraction of sp³-hybridized carbons (Fsp3) is 0.214. The van der Waals surface area contributed by atoms with Gasteiger partial charge in [0.2, 0.25) is 0 Å². The monoisotopic (exact) mass is 279 g/mol. The predicted molar refractivity (Wildman–Crippen MR) is 75.1 cm³/mol. The van der Waals surface area contributed by atoms with Crippen molar-refractivity contribution in [3.8, 4) is 0 Å². The molecular weight excluding hydrogens is 266 g/mol. The van der Waals surface area contributed by atoms with Crippen molar-refractivity contribution in [2.24, 2.45) is 0 Å². The molecule has 2 aromatic rings. The highest BCUT2D eigenvalue weighted by Crippen LogP contribution is 2.32. The first-order chi connectivity index (χ1) is 8.70. The number of halogens is 1. The molecule has 94 valence electrons. The van der Waals surface area contributed by atoms with E-state index in [1.54, 1.807) is 18.0 Å². The molecule has 1 N–H and O–H groups in total. The molecular formula is C14H14ClNOS. The number of hydrogen-bond donors (Lipinski definition) is 1. The van der Waals surface area contributed by atoms with Gasteiger partial charge in [0.1, 0.15) is 0 Å². The van der Waals surface area contributed by atoms with Crippen LogP contribution >= 0.6 is 23.4 Å². The molecule has 2 rings (SSSR count). The Morgan fingerprint density at radius 1 is 1.28 bits per heavy atom. The Morgan fingerprint density at radius 2 is 2.06 bits per heavy atom. The number of aliphatic hydroxyl groups is 1. The van der Waals surface area contributed by atoms with Crippen LogP contribution in [0.3, 0.4) is 0 Å². The zero-order valence-corrected chi connectivity index (χ0v) is 11.6. The van der Waals surface area contributed by atoms with Crippen LogP contribution in [0.5, 0.6) is 0 Å². The first kappa shape index (κ1) is 13.4. The van der Waals surface area contributed by atoms with Crippen molar-refractivity contribution < 1.29 is 5.11 Å². The van der Waals surface area contributed by atoms with Gasteiger partial charge in [0.05, 0.1) is 16.8 Å². The summed E-state index contributed by atoms with van der Waals surface area (Å²) in [7, 11) is 0. The standard InChI is InChI=1S/C14H14ClNOS/c1-2-13(17)12-8-7-10(9-16-12)18-14-6-4-3-5-11(14)15/h3-9,13,17H,2H2,1H3/t13-/m0/s1. The van der Waals surface area contributed by atoms with Gasteiger partial charge in [0, 0.05) is 16.0 Å². The van der Waals surface area contributed by atoms with Gasteiger partial charge in [-0.2, -0.15) is 0 Å². The van der Waals surface area contributed by atoms with Gasteiger partial charge in [-0.25, -0.2) is 0 Å². The van der Waals surface area contributed by atoms with Crippen molar-refractivity contribution in [1.29, 1.82) is 0 Å². The Bertz CT molecular complexity index is 515. The van der Waals surface area contributed by atoms with Crippen LogP contribution in [0.25, 0.3) is 0 Å². The van der Waals surface area contributed by atoms with Crippen LogP contribution < -0.4 is 0 Å². The fourth-order valence-electron chi connectivity index (χ4n) is 1.51. The zero-order chi connectivity index (χ0) is 13.0. The average molecular weight is 280 g/mol. The molecule has 1 aromatic heterocycles. The van der Waals surface area contributed by atoms with Gasteiger partial charge in [0.15, 0.2) is 0 Å². The molecule has 1 aromatic carbocycles. The number of nitrogens with zero attached hydrogens (tertiary/aromatic N) is 1. The molecule has 0 amide bonds. The van der Waals surface area contributed by atoms with Crippen molar-refractivity contribution in [3.63, 3.8) is 0 Å². The summed E-state index contributed by atoms with van der Waals surface area (Å²) in [6, 6.07) is 11.5. The van der Waals surface area contributed by atoms with Gasteiger partial charge in [-0.1, -0.05) is 42.4 Å². The Balaban J connectivity index is 2.14. The van der Waals surface area contributed by atoms with E-state index in [1.807, 2.05) is 43.3 Å². The lowest BCUT2D eigenvalue weighted by molar-refractivity contribution is 0.169. The topological polar surface area (TPSA) is 33.1 Å². The first-order valence-corrected chi connectivity index (χ1v) is 6.96. The number of benzene rings is 1. The summed E-state index contributed by atoms with van der Waals surface area (Å²) < 4.78 is 0. The van der Waals surface area contributed by atoms with Crippen LogP contribution in [0.1, 0.15) is 25.1 Å². The summed E-state index contributed by atoms with van der Waals surface area (Å²) in [5, 5.41) is 10.4. The van der Waals surface area contributed by atoms with Crippen molar-refractivity contribution >= 4 is 23.4 Å². The van der Waals surface area contributed by atoms with E-state index in [9.17, 15) is 5.11 Å². The minimum absolute atomic E-state index is 0.482. The van der Waals surface area contributed by atoms with Gasteiger partial charge in [-0.3, -0.25) is 4.98 Å². The lowest BCUT2D eigenvalue weighted by Crippen LogP contribution is -1.97. The second-order valence-electron chi connectivity index (χ2n) is 3.88. The third kappa shape index (κ3) is 3.25. The number of hydrogen-bond acceptors (Lipinski definition) is 3. The second kappa shape index (κ2) is 6.23. The average Bonchev–Trinajstić information content (AvgIpc) is 2.41. The molecule has 0 fully saturated rings. The highest BCUT2D eigenvalue weighted by atomic mass is 35.5. The molecule has 0 aliphatic rings. The van der Waals surface area contributed by atoms with Gasteiger partial charge in [-0.05, 0) is 30.7 Å². The second-order valence-corrected chi connectivity index (χ2v) is 5.40. The summed E-state index contributed by atoms with van der Waals surface area (Å²) >= 11 is 7.66. The Labute approximate surface area is 116 Å². The normalized spacial score (nSPS) is 12.4. The molecule has 0 spiro atoms. The van der Waals surface area contributed by atoms with Crippen LogP contribution in [-0.2, 0) is 0 Å². The van der Waals surface area contributed by atoms with Crippen molar-refractivity contribution in [2.75, 3.05) is 0 Å². The van der Waals surface area contributed by atoms with Crippen molar-refractivity contribution in [1.82, 2.24) is 4.98 Å². The molecule has 2 nitrogen and oxygen atoms in total. The van der Waals surface area contributed by atoms with Gasteiger partial charge in [0.25, 0.3) is 0 Å². The maximum absolute atomic E-state index is 9.66. The van der Waals surface area contributed by atoms with E-state index in [4.69, 9.17) is 11.6 Å². The summed E-state index contributed by atoms with van der Waals surface area (Å²) in [6.45, 7) is 1.93. The quantitative estimate of drug-likeness (QED) is 0.904. The lowest BCUT2D eigenvalue weighted by Gasteiger charge is -2.08. The zero-order valence-electron chi connectivity index (χ0n) is 10.0.